The van der Waals surface area contributed by atoms with Crippen molar-refractivity contribution in [3.8, 4) is 0 Å². The number of nitrogens with one attached hydrogen (secondary N) is 1. The molecule has 2 aromatic rings. The van der Waals surface area contributed by atoms with Crippen molar-refractivity contribution in [2.24, 2.45) is 0 Å². The van der Waals surface area contributed by atoms with Crippen molar-refractivity contribution in [2.45, 2.75) is 50.8 Å². The highest BCUT2D eigenvalue weighted by Gasteiger charge is 2.46. The van der Waals surface area contributed by atoms with Crippen LogP contribution in [0, 0.1) is 0 Å². The lowest BCUT2D eigenvalue weighted by Gasteiger charge is -2.44. The molecule has 0 unspecified atom stereocenters. The summed E-state index contributed by atoms with van der Waals surface area (Å²) in [4.78, 5) is 11.8. The summed E-state index contributed by atoms with van der Waals surface area (Å²) in [6, 6.07) is 18.3. The smallest absolute Gasteiger partial charge is 0.217 e. The Morgan fingerprint density at radius 1 is 1.00 bits per heavy atom. The molecule has 7 heteroatoms. The summed E-state index contributed by atoms with van der Waals surface area (Å²) < 4.78 is 17.6. The fraction of sp³-hybridized carbons (Fsp3) is 0.409. The second kappa shape index (κ2) is 10.5. The predicted molar refractivity (Wildman–Crippen MR) is 106 cm³/mol. The maximum atomic E-state index is 11.8. The molecule has 2 aromatic carbocycles. The van der Waals surface area contributed by atoms with Crippen molar-refractivity contribution in [3.63, 3.8) is 0 Å². The largest absolute Gasteiger partial charge is 0.394 e. The Morgan fingerprint density at radius 2 is 1.55 bits per heavy atom. The Labute approximate surface area is 170 Å². The molecule has 1 amide bonds. The summed E-state index contributed by atoms with van der Waals surface area (Å²) in [6.07, 6.45) is -3.72. The van der Waals surface area contributed by atoms with Crippen LogP contribution < -0.4 is 5.32 Å². The molecule has 1 aliphatic heterocycles. The number of ether oxygens (including phenoxy) is 3. The standard InChI is InChI=1S/C22H27NO6/c1-15(25)23-19-21(27-13-16-8-4-2-5-9-16)20(26)18(12-24)29-22(19)28-14-17-10-6-3-7-11-17/h2-11,18-22,24,26H,12-14H2,1H3,(H,23,25)/t18-,19+,20-,21-,22+/m0/s1. The van der Waals surface area contributed by atoms with E-state index in [9.17, 15) is 15.0 Å². The molecule has 1 aliphatic rings. The van der Waals surface area contributed by atoms with Gasteiger partial charge in [-0.3, -0.25) is 4.79 Å². The number of hydrogen-bond acceptors (Lipinski definition) is 6. The van der Waals surface area contributed by atoms with Gasteiger partial charge in [0, 0.05) is 6.92 Å². The van der Waals surface area contributed by atoms with E-state index < -0.39 is 37.3 Å². The lowest BCUT2D eigenvalue weighted by atomic mass is 9.96. The van der Waals surface area contributed by atoms with Crippen LogP contribution in [0.3, 0.4) is 0 Å². The van der Waals surface area contributed by atoms with Crippen molar-refractivity contribution < 1.29 is 29.2 Å². The third-order valence-corrected chi connectivity index (χ3v) is 4.77. The van der Waals surface area contributed by atoms with E-state index in [1.54, 1.807) is 0 Å². The Kier molecular flexibility index (Phi) is 7.74. The molecule has 0 aromatic heterocycles. The second-order valence-corrected chi connectivity index (χ2v) is 7.00. The summed E-state index contributed by atoms with van der Waals surface area (Å²) in [5, 5.41) is 23.1. The van der Waals surface area contributed by atoms with E-state index in [0.29, 0.717) is 0 Å². The van der Waals surface area contributed by atoms with E-state index in [2.05, 4.69) is 5.32 Å². The van der Waals surface area contributed by atoms with Crippen LogP contribution >= 0.6 is 0 Å². The number of amides is 1. The van der Waals surface area contributed by atoms with E-state index in [-0.39, 0.29) is 19.1 Å². The van der Waals surface area contributed by atoms with E-state index in [1.807, 2.05) is 60.7 Å². The number of hydrogen-bond donors (Lipinski definition) is 3. The van der Waals surface area contributed by atoms with Crippen molar-refractivity contribution in [1.82, 2.24) is 5.32 Å². The summed E-state index contributed by atoms with van der Waals surface area (Å²) in [5.41, 5.74) is 1.86. The third kappa shape index (κ3) is 5.85. The fourth-order valence-electron chi connectivity index (χ4n) is 3.32. The molecule has 3 N–H and O–H groups in total. The van der Waals surface area contributed by atoms with Crippen LogP contribution in [0.2, 0.25) is 0 Å². The van der Waals surface area contributed by atoms with Gasteiger partial charge in [-0.25, -0.2) is 0 Å². The highest BCUT2D eigenvalue weighted by molar-refractivity contribution is 5.73. The quantitative estimate of drug-likeness (QED) is 0.618. The van der Waals surface area contributed by atoms with Gasteiger partial charge in [0.1, 0.15) is 24.4 Å². The minimum Gasteiger partial charge on any atom is -0.394 e. The van der Waals surface area contributed by atoms with Crippen LogP contribution in [0.5, 0.6) is 0 Å². The molecule has 5 atom stereocenters. The van der Waals surface area contributed by atoms with Gasteiger partial charge in [-0.2, -0.15) is 0 Å². The number of aliphatic hydroxyl groups excluding tert-OH is 2. The van der Waals surface area contributed by atoms with Gasteiger partial charge < -0.3 is 29.7 Å². The lowest BCUT2D eigenvalue weighted by molar-refractivity contribution is -0.281. The first-order valence-electron chi connectivity index (χ1n) is 9.61. The van der Waals surface area contributed by atoms with Gasteiger partial charge in [0.25, 0.3) is 0 Å². The van der Waals surface area contributed by atoms with Crippen molar-refractivity contribution in [1.29, 1.82) is 0 Å². The lowest BCUT2D eigenvalue weighted by Crippen LogP contribution is -2.65. The monoisotopic (exact) mass is 401 g/mol. The molecule has 1 heterocycles. The van der Waals surface area contributed by atoms with Gasteiger partial charge in [0.05, 0.1) is 19.8 Å². The number of aliphatic hydroxyl groups is 2. The first kappa shape index (κ1) is 21.4. The highest BCUT2D eigenvalue weighted by atomic mass is 16.7. The van der Waals surface area contributed by atoms with Gasteiger partial charge in [-0.1, -0.05) is 60.7 Å². The summed E-state index contributed by atoms with van der Waals surface area (Å²) in [6.45, 7) is 1.47. The average molecular weight is 401 g/mol. The first-order chi connectivity index (χ1) is 14.1. The molecular weight excluding hydrogens is 374 g/mol. The summed E-state index contributed by atoms with van der Waals surface area (Å²) >= 11 is 0. The van der Waals surface area contributed by atoms with E-state index in [4.69, 9.17) is 14.2 Å². The predicted octanol–water partition coefficient (Wildman–Crippen LogP) is 1.37. The molecule has 0 spiro atoms. The van der Waals surface area contributed by atoms with Crippen molar-refractivity contribution in [2.75, 3.05) is 6.61 Å². The van der Waals surface area contributed by atoms with Crippen LogP contribution in [-0.4, -0.2) is 53.4 Å². The average Bonchev–Trinajstić information content (AvgIpc) is 2.74. The van der Waals surface area contributed by atoms with E-state index in [1.165, 1.54) is 6.92 Å². The zero-order valence-corrected chi connectivity index (χ0v) is 16.3. The molecule has 3 rings (SSSR count). The Morgan fingerprint density at radius 3 is 2.07 bits per heavy atom. The molecule has 0 aliphatic carbocycles. The van der Waals surface area contributed by atoms with Gasteiger partial charge in [-0.05, 0) is 11.1 Å². The van der Waals surface area contributed by atoms with Crippen molar-refractivity contribution in [3.05, 3.63) is 71.8 Å². The number of carbonyl (C=O) groups excluding carboxylic acids is 1. The first-order valence-corrected chi connectivity index (χ1v) is 9.61. The van der Waals surface area contributed by atoms with Gasteiger partial charge in [-0.15, -0.1) is 0 Å². The molecular formula is C22H27NO6. The Bertz CT molecular complexity index is 756. The molecule has 0 radical (unpaired) electrons. The topological polar surface area (TPSA) is 97.3 Å². The van der Waals surface area contributed by atoms with Gasteiger partial charge >= 0.3 is 0 Å². The van der Waals surface area contributed by atoms with Crippen LogP contribution in [0.4, 0.5) is 0 Å². The van der Waals surface area contributed by atoms with Gasteiger partial charge in [0.2, 0.25) is 5.91 Å². The molecule has 0 saturated carbocycles. The Hall–Kier alpha value is -2.29. The fourth-order valence-corrected chi connectivity index (χ4v) is 3.32. The Balaban J connectivity index is 1.76. The number of benzene rings is 2. The molecule has 0 bridgehead atoms. The summed E-state index contributed by atoms with van der Waals surface area (Å²) in [5.74, 6) is -0.296. The van der Waals surface area contributed by atoms with Crippen LogP contribution in [0.1, 0.15) is 18.1 Å². The maximum absolute atomic E-state index is 11.8. The van der Waals surface area contributed by atoms with Gasteiger partial charge in [0.15, 0.2) is 6.29 Å². The van der Waals surface area contributed by atoms with Crippen LogP contribution in [0.15, 0.2) is 60.7 Å². The van der Waals surface area contributed by atoms with Crippen molar-refractivity contribution >= 4 is 5.91 Å². The molecule has 1 fully saturated rings. The molecule has 1 saturated heterocycles. The molecule has 29 heavy (non-hydrogen) atoms. The maximum Gasteiger partial charge on any atom is 0.217 e. The molecule has 156 valence electrons. The minimum atomic E-state index is -1.13. The SMILES string of the molecule is CC(=O)N[C@H]1[C@H](OCc2ccccc2)O[C@@H](CO)[C@H](O)[C@H]1OCc1ccccc1. The second-order valence-electron chi connectivity index (χ2n) is 7.00. The third-order valence-electron chi connectivity index (χ3n) is 4.77. The van der Waals surface area contributed by atoms with Crippen LogP contribution in [0.25, 0.3) is 0 Å². The minimum absolute atomic E-state index is 0.238. The number of rotatable bonds is 8. The summed E-state index contributed by atoms with van der Waals surface area (Å²) in [7, 11) is 0. The molecule has 7 nitrogen and oxygen atoms in total. The van der Waals surface area contributed by atoms with E-state index >= 15 is 0 Å². The normalized spacial score (nSPS) is 26.8. The van der Waals surface area contributed by atoms with Crippen LogP contribution in [-0.2, 0) is 32.2 Å². The van der Waals surface area contributed by atoms with E-state index in [0.717, 1.165) is 11.1 Å². The zero-order valence-electron chi connectivity index (χ0n) is 16.3. The number of carbonyl (C=O) groups is 1. The highest BCUT2D eigenvalue weighted by Crippen LogP contribution is 2.26. The zero-order chi connectivity index (χ0) is 20.6.